The van der Waals surface area contributed by atoms with Crippen LogP contribution >= 0.6 is 23.2 Å². The van der Waals surface area contributed by atoms with Crippen LogP contribution in [-0.4, -0.2) is 5.11 Å². The fraction of sp³-hybridized carbons (Fsp3) is 0. The number of hydrogen-bond donors (Lipinski definition) is 1. The van der Waals surface area contributed by atoms with Gasteiger partial charge in [-0.3, -0.25) is 4.79 Å². The van der Waals surface area contributed by atoms with E-state index in [4.69, 9.17) is 27.6 Å². The maximum absolute atomic E-state index is 12.0. The first-order valence-corrected chi connectivity index (χ1v) is 6.52. The summed E-state index contributed by atoms with van der Waals surface area (Å²) in [5, 5.41) is 10.7. The molecule has 3 rings (SSSR count). The molecule has 3 nitrogen and oxygen atoms in total. The molecule has 1 N–H and O–H groups in total. The number of phenolic OH excluding ortho intramolecular Hbond substituents is 1. The SMILES string of the molecule is O=c1cc(-c2ccc(Cl)c(Cl)c2)oc2cc(O)ccc12. The number of hydrogen-bond acceptors (Lipinski definition) is 3. The van der Waals surface area contributed by atoms with Gasteiger partial charge >= 0.3 is 0 Å². The summed E-state index contributed by atoms with van der Waals surface area (Å²) in [4.78, 5) is 12.0. The number of phenols is 1. The van der Waals surface area contributed by atoms with Crippen LogP contribution < -0.4 is 5.43 Å². The van der Waals surface area contributed by atoms with Gasteiger partial charge in [0.15, 0.2) is 5.43 Å². The van der Waals surface area contributed by atoms with Gasteiger partial charge in [0.2, 0.25) is 0 Å². The van der Waals surface area contributed by atoms with Crippen molar-refractivity contribution in [1.82, 2.24) is 0 Å². The first kappa shape index (κ1) is 13.0. The van der Waals surface area contributed by atoms with Gasteiger partial charge < -0.3 is 9.52 Å². The van der Waals surface area contributed by atoms with E-state index in [-0.39, 0.29) is 11.2 Å². The molecule has 0 radical (unpaired) electrons. The maximum Gasteiger partial charge on any atom is 0.193 e. The summed E-state index contributed by atoms with van der Waals surface area (Å²) in [5.74, 6) is 0.401. The Hall–Kier alpha value is -1.97. The van der Waals surface area contributed by atoms with Gasteiger partial charge in [-0.2, -0.15) is 0 Å². The van der Waals surface area contributed by atoms with Crippen molar-refractivity contribution in [2.24, 2.45) is 0 Å². The Morgan fingerprint density at radius 1 is 0.950 bits per heavy atom. The van der Waals surface area contributed by atoms with Gasteiger partial charge in [0.25, 0.3) is 0 Å². The molecule has 0 bridgehead atoms. The molecule has 100 valence electrons. The molecule has 0 unspecified atom stereocenters. The summed E-state index contributed by atoms with van der Waals surface area (Å²) in [7, 11) is 0. The highest BCUT2D eigenvalue weighted by molar-refractivity contribution is 6.42. The number of benzene rings is 2. The molecule has 0 aliphatic carbocycles. The lowest BCUT2D eigenvalue weighted by atomic mass is 10.1. The van der Waals surface area contributed by atoms with Crippen molar-refractivity contribution in [3.63, 3.8) is 0 Å². The highest BCUT2D eigenvalue weighted by atomic mass is 35.5. The van der Waals surface area contributed by atoms with Crippen LogP contribution in [0.1, 0.15) is 0 Å². The van der Waals surface area contributed by atoms with E-state index >= 15 is 0 Å². The minimum atomic E-state index is -0.188. The molecule has 0 aliphatic heterocycles. The van der Waals surface area contributed by atoms with Gasteiger partial charge in [-0.05, 0) is 30.3 Å². The summed E-state index contributed by atoms with van der Waals surface area (Å²) < 4.78 is 5.64. The van der Waals surface area contributed by atoms with Gasteiger partial charge in [-0.25, -0.2) is 0 Å². The Labute approximate surface area is 124 Å². The molecule has 0 atom stereocenters. The molecule has 0 saturated carbocycles. The van der Waals surface area contributed by atoms with E-state index in [1.165, 1.54) is 24.3 Å². The van der Waals surface area contributed by atoms with E-state index in [1.54, 1.807) is 18.2 Å². The average Bonchev–Trinajstić information content (AvgIpc) is 2.41. The molecule has 0 aliphatic rings. The van der Waals surface area contributed by atoms with Gasteiger partial charge in [0.05, 0.1) is 15.4 Å². The Balaban J connectivity index is 2.26. The minimum Gasteiger partial charge on any atom is -0.508 e. The number of rotatable bonds is 1. The van der Waals surface area contributed by atoms with Crippen LogP contribution in [0.5, 0.6) is 5.75 Å². The largest absolute Gasteiger partial charge is 0.508 e. The standard InChI is InChI=1S/C15H8Cl2O3/c16-11-4-1-8(5-12(11)17)14-7-13(19)10-3-2-9(18)6-15(10)20-14/h1-7,18H. The van der Waals surface area contributed by atoms with Crippen molar-refractivity contribution in [3.05, 3.63) is 62.7 Å². The van der Waals surface area contributed by atoms with Crippen molar-refractivity contribution >= 4 is 34.2 Å². The van der Waals surface area contributed by atoms with E-state index in [9.17, 15) is 9.90 Å². The quantitative estimate of drug-likeness (QED) is 0.721. The van der Waals surface area contributed by atoms with E-state index < -0.39 is 0 Å². The van der Waals surface area contributed by atoms with E-state index in [0.29, 0.717) is 32.3 Å². The molecule has 1 aromatic heterocycles. The van der Waals surface area contributed by atoms with Gasteiger partial charge in [-0.1, -0.05) is 23.2 Å². The van der Waals surface area contributed by atoms with Gasteiger partial charge in [0, 0.05) is 17.7 Å². The highest BCUT2D eigenvalue weighted by Crippen LogP contribution is 2.29. The van der Waals surface area contributed by atoms with Crippen molar-refractivity contribution in [2.45, 2.75) is 0 Å². The third-order valence-corrected chi connectivity index (χ3v) is 3.66. The van der Waals surface area contributed by atoms with Crippen LogP contribution in [0.2, 0.25) is 10.0 Å². The molecule has 0 amide bonds. The number of halogens is 2. The summed E-state index contributed by atoms with van der Waals surface area (Å²) >= 11 is 11.8. The number of aromatic hydroxyl groups is 1. The van der Waals surface area contributed by atoms with Gasteiger partial charge in [-0.15, -0.1) is 0 Å². The van der Waals surface area contributed by atoms with Crippen LogP contribution in [0.25, 0.3) is 22.3 Å². The van der Waals surface area contributed by atoms with Crippen molar-refractivity contribution in [2.75, 3.05) is 0 Å². The molecule has 20 heavy (non-hydrogen) atoms. The fourth-order valence-electron chi connectivity index (χ4n) is 1.94. The Bertz CT molecular complexity index is 869. The van der Waals surface area contributed by atoms with Crippen LogP contribution in [0.3, 0.4) is 0 Å². The second-order valence-corrected chi connectivity index (χ2v) is 5.10. The molecular formula is C15H8Cl2O3. The Morgan fingerprint density at radius 3 is 2.50 bits per heavy atom. The topological polar surface area (TPSA) is 50.4 Å². The third kappa shape index (κ3) is 2.26. The normalized spacial score (nSPS) is 10.9. The summed E-state index contributed by atoms with van der Waals surface area (Å²) in [5.41, 5.74) is 0.771. The average molecular weight is 307 g/mol. The molecule has 5 heteroatoms. The van der Waals surface area contributed by atoms with Crippen molar-refractivity contribution in [1.29, 1.82) is 0 Å². The zero-order valence-electron chi connectivity index (χ0n) is 10.1. The molecule has 2 aromatic carbocycles. The lowest BCUT2D eigenvalue weighted by Crippen LogP contribution is -1.99. The Kier molecular flexibility index (Phi) is 3.16. The number of fused-ring (bicyclic) bond motifs is 1. The fourth-order valence-corrected chi connectivity index (χ4v) is 2.23. The first-order valence-electron chi connectivity index (χ1n) is 5.77. The summed E-state index contributed by atoms with van der Waals surface area (Å²) in [6.45, 7) is 0. The van der Waals surface area contributed by atoms with Crippen molar-refractivity contribution < 1.29 is 9.52 Å². The second-order valence-electron chi connectivity index (χ2n) is 4.28. The predicted molar refractivity (Wildman–Crippen MR) is 79.6 cm³/mol. The van der Waals surface area contributed by atoms with E-state index in [2.05, 4.69) is 0 Å². The van der Waals surface area contributed by atoms with E-state index in [0.717, 1.165) is 0 Å². The maximum atomic E-state index is 12.0. The Morgan fingerprint density at radius 2 is 1.75 bits per heavy atom. The zero-order chi connectivity index (χ0) is 14.3. The third-order valence-electron chi connectivity index (χ3n) is 2.92. The van der Waals surface area contributed by atoms with Gasteiger partial charge in [0.1, 0.15) is 17.1 Å². The first-order chi connectivity index (χ1) is 9.54. The van der Waals surface area contributed by atoms with Crippen LogP contribution in [-0.2, 0) is 0 Å². The second kappa shape index (κ2) is 4.85. The van der Waals surface area contributed by atoms with Crippen LogP contribution in [0, 0.1) is 0 Å². The summed E-state index contributed by atoms with van der Waals surface area (Å²) in [6.07, 6.45) is 0. The molecular weight excluding hydrogens is 299 g/mol. The smallest absolute Gasteiger partial charge is 0.193 e. The monoisotopic (exact) mass is 306 g/mol. The van der Waals surface area contributed by atoms with E-state index in [1.807, 2.05) is 0 Å². The van der Waals surface area contributed by atoms with Crippen LogP contribution in [0.15, 0.2) is 51.7 Å². The molecule has 0 fully saturated rings. The highest BCUT2D eigenvalue weighted by Gasteiger charge is 2.09. The summed E-state index contributed by atoms with van der Waals surface area (Å²) in [6, 6.07) is 10.7. The van der Waals surface area contributed by atoms with Crippen molar-refractivity contribution in [3.8, 4) is 17.1 Å². The predicted octanol–water partition coefficient (Wildman–Crippen LogP) is 4.47. The lowest BCUT2D eigenvalue weighted by Gasteiger charge is -2.05. The lowest BCUT2D eigenvalue weighted by molar-refractivity contribution is 0.474. The molecule has 0 saturated heterocycles. The minimum absolute atomic E-state index is 0.0342. The molecule has 0 spiro atoms. The molecule has 3 aromatic rings. The zero-order valence-corrected chi connectivity index (χ0v) is 11.6. The van der Waals surface area contributed by atoms with Crippen LogP contribution in [0.4, 0.5) is 0 Å². The molecule has 1 heterocycles.